The number of pyridine rings is 3. The summed E-state index contributed by atoms with van der Waals surface area (Å²) in [7, 11) is 0. The van der Waals surface area contributed by atoms with Gasteiger partial charge in [0.05, 0.1) is 17.7 Å². The van der Waals surface area contributed by atoms with Crippen molar-refractivity contribution in [1.29, 1.82) is 0 Å². The van der Waals surface area contributed by atoms with Gasteiger partial charge in [0.25, 0.3) is 11.8 Å². The predicted octanol–water partition coefficient (Wildman–Crippen LogP) is 9.07. The molecule has 38 heteroatoms. The second-order valence-electron chi connectivity index (χ2n) is 37.8. The average molecular weight is 2060 g/mol. The number of piperidine rings is 1. The molecular weight excluding hydrogens is 1930 g/mol. The molecule has 2 saturated heterocycles. The minimum atomic E-state index is -1.83. The molecule has 2 aliphatic heterocycles. The second kappa shape index (κ2) is 58.0. The number of amides is 13. The third kappa shape index (κ3) is 35.6. The molecule has 786 valence electrons. The van der Waals surface area contributed by atoms with Gasteiger partial charge in [-0.25, -0.2) is 0 Å². The van der Waals surface area contributed by atoms with E-state index in [1.807, 2.05) is 94.4 Å². The van der Waals surface area contributed by atoms with Crippen molar-refractivity contribution in [1.82, 2.24) is 88.6 Å². The van der Waals surface area contributed by atoms with Gasteiger partial charge >= 0.3 is 0 Å². The zero-order chi connectivity index (χ0) is 106. The number of thiophene rings is 1. The molecule has 10 atom stereocenters. The number of ketones is 1. The monoisotopic (exact) mass is 2060 g/mol. The summed E-state index contributed by atoms with van der Waals surface area (Å²) in [5, 5.41) is 67.2. The van der Waals surface area contributed by atoms with Crippen LogP contribution in [0, 0.1) is 5.92 Å². The summed E-state index contributed by atoms with van der Waals surface area (Å²) < 4.78 is 6.76. The number of likely N-dealkylation sites (tertiary alicyclic amines) is 2. The Balaban J connectivity index is 0.000000509. The van der Waals surface area contributed by atoms with Crippen molar-refractivity contribution in [3.05, 3.63) is 251 Å². The van der Waals surface area contributed by atoms with Gasteiger partial charge in [-0.15, -0.1) is 11.3 Å². The number of nitrogens with two attached hydrogens (primary N) is 1. The first kappa shape index (κ1) is 114. The number of halogens is 1. The highest BCUT2D eigenvalue weighted by molar-refractivity contribution is 7.22. The van der Waals surface area contributed by atoms with E-state index in [-0.39, 0.29) is 131 Å². The Morgan fingerprint density at radius 3 is 1.56 bits per heavy atom. The van der Waals surface area contributed by atoms with E-state index in [1.54, 1.807) is 103 Å². The number of aromatic nitrogens is 3. The number of primary amides is 1. The molecule has 0 aliphatic carbocycles. The molecule has 0 bridgehead atoms. The number of rotatable bonds is 53. The normalized spacial score (nSPS) is 14.8. The second-order valence-corrected chi connectivity index (χ2v) is 39.3. The van der Waals surface area contributed by atoms with E-state index in [1.165, 1.54) is 86.5 Å². The molecule has 2 fully saturated rings. The fourth-order valence-electron chi connectivity index (χ4n) is 17.4. The van der Waals surface area contributed by atoms with Gasteiger partial charge in [0, 0.05) is 127 Å². The van der Waals surface area contributed by atoms with E-state index in [2.05, 4.69) is 83.7 Å². The number of carbonyl (C=O) groups excluding carboxylic acids is 14. The zero-order valence-corrected chi connectivity index (χ0v) is 85.8. The number of ether oxygens (including phenoxy) is 1. The summed E-state index contributed by atoms with van der Waals surface area (Å²) in [6.45, 7) is 14.1. The standard InChI is InChI=1S/C82H108ClN17O14.C28H27NO4S/c1-50(2)41-65(76(108)95-64(26-11-12-37-88-51(3)4)82(114)100-40-18-27-70(100)81(113)91-52(5)71(84)103)96-75(107)63(25-10-14-39-90-73(105)60-23-17-36-87-48-60)93-74(106)62(24-9-13-38-89-72(104)59-22-16-35-86-47-59)94-80(112)69(49-101)99-79(111)68(45-56-19-15-34-85-46-56)98-78(110)67(43-54-29-32-61(83)33-30-54)97-77(109)66(92-53(6)102)44-55-28-31-57-20-7-8-21-58(57)42-55;30-21-8-4-20(5-9-21)28-26(24-13-10-22(31)18-25(24)34-28)27(32)19-6-11-23(12-7-19)33-17-16-29-14-2-1-3-15-29/h7-8,15-17,19-23,28-36,42,46-48,50-52,62-70,88,101H,9-14,18,24-27,37-41,43-45,49H2,1-6H3,(H2,84,103)(H,89,104)(H,90,105)(H,91,113)(H,92,102)(H,93,106)(H,94,112)(H,95,108)(H,96,107)(H,97,109)(H,98,110)(H,99,111);4-13,18,30-31H,1-3,14-17H2/t52-,62+,63-,64+,65+,66-,67-,68-,69+,70+;/m1./s1. The smallest absolute Gasteiger partial charge is 0.252 e. The number of fused-ring (bicyclic) bond motifs is 2. The number of nitrogens with one attached hydrogen (secondary N) is 12. The Bertz CT molecular complexity index is 6130. The summed E-state index contributed by atoms with van der Waals surface area (Å²) in [6, 6.07) is 35.2. The van der Waals surface area contributed by atoms with Crippen LogP contribution >= 0.6 is 22.9 Å². The molecule has 17 N–H and O–H groups in total. The SMILES string of the molecule is CC(=O)N[C@H](Cc1ccc2ccccc2c1)C(=O)N[C@H](Cc1ccc(Cl)cc1)C(=O)N[C@H](Cc1cccnc1)C(=O)N[C@@H](CO)C(=O)N[C@@H](CCCCNC(=O)c1cccnc1)C(=O)N[C@H](CCCCNC(=O)c1cccnc1)C(=O)N[C@@H](CC(C)C)C(=O)N[C@@H](CCCCNC(C)C)C(=O)N1CCC[C@H]1C(=O)N[C@H](C)C(N)=O.O=C(c1ccc(OCCN2CCCCC2)cc1)c1c(-c2ccc(O)cc2)sc2cc(O)ccc12. The zero-order valence-electron chi connectivity index (χ0n) is 84.2. The van der Waals surface area contributed by atoms with Gasteiger partial charge in [0.1, 0.15) is 84.3 Å². The lowest BCUT2D eigenvalue weighted by atomic mass is 9.97. The van der Waals surface area contributed by atoms with Crippen LogP contribution in [0.25, 0.3) is 31.3 Å². The lowest BCUT2D eigenvalue weighted by molar-refractivity contribution is -0.142. The fourth-order valence-corrected chi connectivity index (χ4v) is 18.8. The number of aromatic hydroxyl groups is 2. The van der Waals surface area contributed by atoms with E-state index >= 15 is 9.59 Å². The van der Waals surface area contributed by atoms with Gasteiger partial charge < -0.3 is 94.5 Å². The topological polar surface area (TPSA) is 524 Å². The maximum Gasteiger partial charge on any atom is 0.252 e. The molecule has 10 aromatic rings. The van der Waals surface area contributed by atoms with E-state index < -0.39 is 144 Å². The Morgan fingerprint density at radius 1 is 0.480 bits per heavy atom. The molecule has 148 heavy (non-hydrogen) atoms. The summed E-state index contributed by atoms with van der Waals surface area (Å²) >= 11 is 7.72. The van der Waals surface area contributed by atoms with E-state index in [0.29, 0.717) is 70.8 Å². The molecule has 6 aromatic carbocycles. The number of unbranched alkanes of at least 4 members (excludes halogenated alkanes) is 3. The van der Waals surface area contributed by atoms with Gasteiger partial charge in [-0.3, -0.25) is 87.0 Å². The first-order valence-electron chi connectivity index (χ1n) is 50.4. The van der Waals surface area contributed by atoms with Gasteiger partial charge in [-0.1, -0.05) is 106 Å². The van der Waals surface area contributed by atoms with Crippen molar-refractivity contribution in [2.75, 3.05) is 59.0 Å². The lowest BCUT2D eigenvalue weighted by Crippen LogP contribution is -2.61. The lowest BCUT2D eigenvalue weighted by Gasteiger charge is -2.31. The van der Waals surface area contributed by atoms with Crippen molar-refractivity contribution >= 4 is 126 Å². The van der Waals surface area contributed by atoms with Crippen LogP contribution in [0.2, 0.25) is 5.02 Å². The number of phenolic OH excluding ortho intramolecular Hbond substituents is 2. The van der Waals surface area contributed by atoms with E-state index in [4.69, 9.17) is 22.1 Å². The number of aliphatic hydroxyl groups excluding tert-OH is 1. The maximum absolute atomic E-state index is 15.2. The number of phenols is 2. The van der Waals surface area contributed by atoms with Crippen molar-refractivity contribution in [3.8, 4) is 27.7 Å². The van der Waals surface area contributed by atoms with Crippen molar-refractivity contribution < 1.29 is 87.2 Å². The fraction of sp³-hybridized carbons (Fsp3) is 0.409. The molecule has 2 aliphatic rings. The highest BCUT2D eigenvalue weighted by atomic mass is 35.5. The molecule has 13 amide bonds. The number of hydrogen-bond acceptors (Lipinski definition) is 24. The molecule has 0 spiro atoms. The maximum atomic E-state index is 15.2. The summed E-state index contributed by atoms with van der Waals surface area (Å²) in [5.41, 5.74) is 9.76. The number of carbonyl (C=O) groups is 14. The predicted molar refractivity (Wildman–Crippen MR) is 564 cm³/mol. The van der Waals surface area contributed by atoms with Gasteiger partial charge in [0.15, 0.2) is 5.78 Å². The molecule has 12 rings (SSSR count). The van der Waals surface area contributed by atoms with E-state index in [9.17, 15) is 72.9 Å². The van der Waals surface area contributed by atoms with Crippen LogP contribution in [0.3, 0.4) is 0 Å². The number of nitrogens with zero attached hydrogens (tertiary/aromatic N) is 5. The Hall–Kier alpha value is -14.7. The molecule has 4 aromatic heterocycles. The first-order valence-corrected chi connectivity index (χ1v) is 51.6. The van der Waals surface area contributed by atoms with Crippen LogP contribution < -0.4 is 74.3 Å². The minimum Gasteiger partial charge on any atom is -0.508 e. The van der Waals surface area contributed by atoms with Crippen molar-refractivity contribution in [2.24, 2.45) is 11.7 Å². The highest BCUT2D eigenvalue weighted by Crippen LogP contribution is 2.42. The first-order chi connectivity index (χ1) is 71.2. The quantitative estimate of drug-likeness (QED) is 0.0125. The van der Waals surface area contributed by atoms with Gasteiger partial charge in [0.2, 0.25) is 65.0 Å². The third-order valence-corrected chi connectivity index (χ3v) is 26.8. The van der Waals surface area contributed by atoms with E-state index in [0.717, 1.165) is 56.7 Å². The molecule has 36 nitrogen and oxygen atoms in total. The van der Waals surface area contributed by atoms with Crippen LogP contribution in [0.5, 0.6) is 17.2 Å². The summed E-state index contributed by atoms with van der Waals surface area (Å²) in [5.74, 6) is -8.74. The Kier molecular flexibility index (Phi) is 44.6. The van der Waals surface area contributed by atoms with Crippen molar-refractivity contribution in [2.45, 2.75) is 224 Å². The average Bonchev–Trinajstić information content (AvgIpc) is 1.61. The van der Waals surface area contributed by atoms with Crippen molar-refractivity contribution in [3.63, 3.8) is 0 Å². The van der Waals surface area contributed by atoms with Crippen LogP contribution in [0.4, 0.5) is 0 Å². The van der Waals surface area contributed by atoms with Crippen LogP contribution in [0.1, 0.15) is 191 Å². The Labute approximate surface area is 870 Å². The molecule has 0 radical (unpaired) electrons. The van der Waals surface area contributed by atoms with Gasteiger partial charge in [-0.2, -0.15) is 0 Å². The number of benzene rings is 6. The molecule has 0 saturated carbocycles. The minimum absolute atomic E-state index is 0.0277. The van der Waals surface area contributed by atoms with Gasteiger partial charge in [-0.05, 0) is 265 Å². The van der Waals surface area contributed by atoms with Crippen LogP contribution in [-0.2, 0) is 72.0 Å². The summed E-state index contributed by atoms with van der Waals surface area (Å²) in [6.07, 6.45) is 14.7. The Morgan fingerprint density at radius 2 is 0.993 bits per heavy atom. The third-order valence-electron chi connectivity index (χ3n) is 25.4. The van der Waals surface area contributed by atoms with Crippen LogP contribution in [-0.4, -0.2) is 248 Å². The highest BCUT2D eigenvalue weighted by Gasteiger charge is 2.41. The molecular formula is C110H135ClN18O18S. The van der Waals surface area contributed by atoms with Crippen LogP contribution in [0.15, 0.2) is 207 Å². The summed E-state index contributed by atoms with van der Waals surface area (Å²) in [4.78, 5) is 214. The number of hydrogen-bond donors (Lipinski definition) is 16. The molecule has 6 heterocycles. The largest absolute Gasteiger partial charge is 0.508 e. The number of aliphatic hydroxyl groups is 1. The molecule has 0 unspecified atom stereocenters.